The number of para-hydroxylation sites is 1. The fourth-order valence-electron chi connectivity index (χ4n) is 3.93. The number of aromatic nitrogens is 5. The number of rotatable bonds is 4. The molecule has 0 aliphatic carbocycles. The van der Waals surface area contributed by atoms with Gasteiger partial charge in [0.1, 0.15) is 0 Å². The number of aromatic amines is 1. The molecule has 1 aliphatic rings. The summed E-state index contributed by atoms with van der Waals surface area (Å²) >= 11 is 0. The first-order valence-electron chi connectivity index (χ1n) is 10.4. The number of H-pyrrole nitrogens is 1. The smallest absolute Gasteiger partial charge is 0.352 e. The van der Waals surface area contributed by atoms with Gasteiger partial charge >= 0.3 is 6.18 Å². The van der Waals surface area contributed by atoms with Gasteiger partial charge in [-0.15, -0.1) is 10.2 Å². The fourth-order valence-corrected chi connectivity index (χ4v) is 3.93. The second-order valence-electron chi connectivity index (χ2n) is 7.64. The summed E-state index contributed by atoms with van der Waals surface area (Å²) in [5, 5.41) is 19.7. The third-order valence-electron chi connectivity index (χ3n) is 5.51. The Morgan fingerprint density at radius 2 is 1.62 bits per heavy atom. The van der Waals surface area contributed by atoms with Crippen molar-refractivity contribution in [2.24, 2.45) is 0 Å². The highest BCUT2D eigenvalue weighted by Gasteiger charge is 2.34. The first kappa shape index (κ1) is 20.2. The number of anilines is 3. The molecule has 0 unspecified atom stereocenters. The molecule has 0 saturated carbocycles. The lowest BCUT2D eigenvalue weighted by atomic mass is 10.1. The van der Waals surface area contributed by atoms with E-state index in [1.54, 1.807) is 0 Å². The van der Waals surface area contributed by atoms with E-state index in [2.05, 4.69) is 35.6 Å². The Morgan fingerprint density at radius 3 is 2.44 bits per heavy atom. The van der Waals surface area contributed by atoms with Crippen LogP contribution in [0.15, 0.2) is 48.5 Å². The van der Waals surface area contributed by atoms with Crippen LogP contribution >= 0.6 is 0 Å². The maximum atomic E-state index is 13.6. The van der Waals surface area contributed by atoms with Crippen molar-refractivity contribution < 1.29 is 13.2 Å². The topological polar surface area (TPSA) is 82.6 Å². The third kappa shape index (κ3) is 3.83. The van der Waals surface area contributed by atoms with Gasteiger partial charge in [0.15, 0.2) is 23.3 Å². The van der Waals surface area contributed by atoms with Crippen LogP contribution in [0.25, 0.3) is 22.3 Å². The third-order valence-corrected chi connectivity index (χ3v) is 5.51. The quantitative estimate of drug-likeness (QED) is 0.457. The standard InChI is InChI=1S/C22H20F3N7/c23-22(24,25)16-10-4-2-8-14(16)18-26-20(21(31-30-18)32-12-6-1-7-13-32)27-19-15-9-3-5-11-17(15)28-29-19/h2-5,8-11H,1,6-7,12-13H2,(H2,26,27,28,29,30). The van der Waals surface area contributed by atoms with E-state index in [0.29, 0.717) is 17.5 Å². The predicted molar refractivity (Wildman–Crippen MR) is 116 cm³/mol. The zero-order chi connectivity index (χ0) is 22.1. The molecule has 2 N–H and O–H groups in total. The number of halogens is 3. The Bertz CT molecular complexity index is 1250. The van der Waals surface area contributed by atoms with Gasteiger partial charge in [-0.2, -0.15) is 18.3 Å². The van der Waals surface area contributed by atoms with Gasteiger partial charge < -0.3 is 10.2 Å². The summed E-state index contributed by atoms with van der Waals surface area (Å²) in [7, 11) is 0. The van der Waals surface area contributed by atoms with E-state index in [-0.39, 0.29) is 11.4 Å². The van der Waals surface area contributed by atoms with Crippen LogP contribution in [0.2, 0.25) is 0 Å². The van der Waals surface area contributed by atoms with Gasteiger partial charge in [-0.05, 0) is 37.5 Å². The van der Waals surface area contributed by atoms with E-state index in [0.717, 1.165) is 49.3 Å². The zero-order valence-electron chi connectivity index (χ0n) is 17.0. The molecule has 2 aromatic heterocycles. The van der Waals surface area contributed by atoms with Gasteiger partial charge in [0, 0.05) is 24.0 Å². The molecule has 0 spiro atoms. The summed E-state index contributed by atoms with van der Waals surface area (Å²) in [6.45, 7) is 1.57. The average molecular weight is 439 g/mol. The number of hydrogen-bond acceptors (Lipinski definition) is 6. The molecule has 10 heteroatoms. The Hall–Kier alpha value is -3.69. The van der Waals surface area contributed by atoms with E-state index in [1.807, 2.05) is 24.3 Å². The number of piperidine rings is 1. The molecule has 1 saturated heterocycles. The van der Waals surface area contributed by atoms with E-state index in [9.17, 15) is 13.2 Å². The van der Waals surface area contributed by atoms with Crippen molar-refractivity contribution in [3.8, 4) is 11.4 Å². The molecule has 0 radical (unpaired) electrons. The molecule has 0 bridgehead atoms. The van der Waals surface area contributed by atoms with Gasteiger partial charge in [-0.1, -0.05) is 30.3 Å². The summed E-state index contributed by atoms with van der Waals surface area (Å²) in [6.07, 6.45) is -1.39. The van der Waals surface area contributed by atoms with Crippen LogP contribution in [0, 0.1) is 0 Å². The second kappa shape index (κ2) is 8.10. The van der Waals surface area contributed by atoms with Crippen LogP contribution in [-0.4, -0.2) is 38.5 Å². The van der Waals surface area contributed by atoms with Gasteiger partial charge in [-0.25, -0.2) is 4.98 Å². The SMILES string of the molecule is FC(F)(F)c1ccccc1-c1nnc(N2CCCCC2)c(Nc2n[nH]c3ccccc23)n1. The van der Waals surface area contributed by atoms with Gasteiger partial charge in [-0.3, -0.25) is 5.10 Å². The van der Waals surface area contributed by atoms with Gasteiger partial charge in [0.2, 0.25) is 0 Å². The monoisotopic (exact) mass is 439 g/mol. The van der Waals surface area contributed by atoms with Crippen LogP contribution in [0.1, 0.15) is 24.8 Å². The van der Waals surface area contributed by atoms with E-state index in [1.165, 1.54) is 18.2 Å². The van der Waals surface area contributed by atoms with Crippen molar-refractivity contribution in [1.29, 1.82) is 0 Å². The van der Waals surface area contributed by atoms with Crippen molar-refractivity contribution in [2.75, 3.05) is 23.3 Å². The lowest BCUT2D eigenvalue weighted by molar-refractivity contribution is -0.137. The first-order valence-corrected chi connectivity index (χ1v) is 10.4. The molecule has 1 fully saturated rings. The molecule has 3 heterocycles. The van der Waals surface area contributed by atoms with Crippen molar-refractivity contribution >= 4 is 28.4 Å². The van der Waals surface area contributed by atoms with Crippen molar-refractivity contribution in [3.05, 3.63) is 54.1 Å². The second-order valence-corrected chi connectivity index (χ2v) is 7.64. The molecule has 164 valence electrons. The zero-order valence-corrected chi connectivity index (χ0v) is 17.0. The number of alkyl halides is 3. The van der Waals surface area contributed by atoms with Crippen LogP contribution in [0.4, 0.5) is 30.6 Å². The maximum absolute atomic E-state index is 13.6. The summed E-state index contributed by atoms with van der Waals surface area (Å²) in [6, 6.07) is 12.8. The molecule has 1 aliphatic heterocycles. The summed E-state index contributed by atoms with van der Waals surface area (Å²) < 4.78 is 40.7. The number of hydrogen-bond donors (Lipinski definition) is 2. The molecule has 7 nitrogen and oxygen atoms in total. The summed E-state index contributed by atoms with van der Waals surface area (Å²) in [5.41, 5.74) is -0.0875. The molecule has 0 atom stereocenters. The van der Waals surface area contributed by atoms with Crippen LogP contribution in [0.3, 0.4) is 0 Å². The summed E-state index contributed by atoms with van der Waals surface area (Å²) in [5.74, 6) is 1.26. The Labute approximate surface area is 181 Å². The average Bonchev–Trinajstić information content (AvgIpc) is 3.22. The van der Waals surface area contributed by atoms with E-state index >= 15 is 0 Å². The first-order chi connectivity index (χ1) is 15.5. The number of benzene rings is 2. The van der Waals surface area contributed by atoms with Gasteiger partial charge in [0.05, 0.1) is 11.1 Å². The van der Waals surface area contributed by atoms with Crippen LogP contribution < -0.4 is 10.2 Å². The molecule has 4 aromatic rings. The highest BCUT2D eigenvalue weighted by atomic mass is 19.4. The van der Waals surface area contributed by atoms with Crippen molar-refractivity contribution in [1.82, 2.24) is 25.4 Å². The van der Waals surface area contributed by atoms with E-state index < -0.39 is 11.7 Å². The number of nitrogens with zero attached hydrogens (tertiary/aromatic N) is 5. The Morgan fingerprint density at radius 1 is 0.875 bits per heavy atom. The minimum Gasteiger partial charge on any atom is -0.352 e. The number of nitrogens with one attached hydrogen (secondary N) is 2. The number of fused-ring (bicyclic) bond motifs is 1. The molecule has 0 amide bonds. The normalized spacial score (nSPS) is 14.7. The van der Waals surface area contributed by atoms with Crippen molar-refractivity contribution in [2.45, 2.75) is 25.4 Å². The van der Waals surface area contributed by atoms with E-state index in [4.69, 9.17) is 0 Å². The largest absolute Gasteiger partial charge is 0.417 e. The maximum Gasteiger partial charge on any atom is 0.417 e. The minimum absolute atomic E-state index is 0.0963. The Balaban J connectivity index is 1.61. The Kier molecular flexibility index (Phi) is 5.12. The molecule has 5 rings (SSSR count). The van der Waals surface area contributed by atoms with Crippen LogP contribution in [-0.2, 0) is 6.18 Å². The summed E-state index contributed by atoms with van der Waals surface area (Å²) in [4.78, 5) is 6.55. The lowest BCUT2D eigenvalue weighted by Crippen LogP contribution is -2.31. The van der Waals surface area contributed by atoms with Gasteiger partial charge in [0.25, 0.3) is 0 Å². The molecule has 2 aromatic carbocycles. The molecular formula is C22H20F3N7. The highest BCUT2D eigenvalue weighted by Crippen LogP contribution is 2.37. The molecular weight excluding hydrogens is 419 g/mol. The lowest BCUT2D eigenvalue weighted by Gasteiger charge is -2.28. The minimum atomic E-state index is -4.53. The van der Waals surface area contributed by atoms with Crippen LogP contribution in [0.5, 0.6) is 0 Å². The highest BCUT2D eigenvalue weighted by molar-refractivity contribution is 5.92. The predicted octanol–water partition coefficient (Wildman–Crippen LogP) is 5.17. The fraction of sp³-hybridized carbons (Fsp3) is 0.273. The molecule has 32 heavy (non-hydrogen) atoms. The van der Waals surface area contributed by atoms with Crippen molar-refractivity contribution in [3.63, 3.8) is 0 Å².